The van der Waals surface area contributed by atoms with Crippen molar-refractivity contribution < 1.29 is 38.1 Å². The SMILES string of the molecule is Cc1cc(C(=O)O)ccc1-c1cccc2c(CCCOc3cccc(F)c3F)c(OC(=O)O)[nH]c12. The fourth-order valence-electron chi connectivity index (χ4n) is 4.02. The van der Waals surface area contributed by atoms with Crippen LogP contribution in [0.5, 0.6) is 11.6 Å². The van der Waals surface area contributed by atoms with Gasteiger partial charge in [0.1, 0.15) is 0 Å². The number of carbonyl (C=O) groups is 2. The van der Waals surface area contributed by atoms with Crippen LogP contribution in [-0.4, -0.2) is 33.9 Å². The van der Waals surface area contributed by atoms with E-state index in [0.29, 0.717) is 23.9 Å². The highest BCUT2D eigenvalue weighted by atomic mass is 19.2. The van der Waals surface area contributed by atoms with Crippen LogP contribution in [-0.2, 0) is 6.42 Å². The van der Waals surface area contributed by atoms with Crippen LogP contribution in [0, 0.1) is 18.6 Å². The standard InChI is InChI=1S/C26H21F2NO6/c1-14-13-15(25(30)31)10-11-16(14)17-5-2-6-18-19(24(29-23(17)18)35-26(32)33)7-4-12-34-21-9-3-8-20(27)22(21)28/h2-3,5-6,8-11,13,29H,4,7,12H2,1H3,(H,30,31)(H,32,33). The van der Waals surface area contributed by atoms with Crippen molar-refractivity contribution in [2.75, 3.05) is 6.61 Å². The van der Waals surface area contributed by atoms with Crippen molar-refractivity contribution >= 4 is 23.0 Å². The number of H-pyrrole nitrogens is 1. The molecule has 9 heteroatoms. The summed E-state index contributed by atoms with van der Waals surface area (Å²) >= 11 is 0. The van der Waals surface area contributed by atoms with E-state index in [0.717, 1.165) is 28.1 Å². The molecule has 0 saturated carbocycles. The lowest BCUT2D eigenvalue weighted by Gasteiger charge is -2.09. The zero-order chi connectivity index (χ0) is 25.1. The molecule has 4 aromatic rings. The number of hydrogen-bond donors (Lipinski definition) is 3. The third-order valence-corrected chi connectivity index (χ3v) is 5.60. The molecule has 0 bridgehead atoms. The molecule has 1 aromatic heterocycles. The van der Waals surface area contributed by atoms with Crippen molar-refractivity contribution in [3.05, 3.63) is 82.9 Å². The molecule has 3 N–H and O–H groups in total. The average molecular weight is 481 g/mol. The maximum atomic E-state index is 13.8. The van der Waals surface area contributed by atoms with Gasteiger partial charge in [0.05, 0.1) is 17.7 Å². The minimum absolute atomic E-state index is 0.0525. The van der Waals surface area contributed by atoms with E-state index in [2.05, 4.69) is 4.98 Å². The number of fused-ring (bicyclic) bond motifs is 1. The number of aromatic nitrogens is 1. The molecule has 0 spiro atoms. The maximum Gasteiger partial charge on any atom is 0.512 e. The highest BCUT2D eigenvalue weighted by Gasteiger charge is 2.19. The summed E-state index contributed by atoms with van der Waals surface area (Å²) in [5.41, 5.74) is 3.64. The second-order valence-electron chi connectivity index (χ2n) is 7.87. The Morgan fingerprint density at radius 1 is 1.00 bits per heavy atom. The zero-order valence-corrected chi connectivity index (χ0v) is 18.6. The van der Waals surface area contributed by atoms with Crippen molar-refractivity contribution in [2.24, 2.45) is 0 Å². The summed E-state index contributed by atoms with van der Waals surface area (Å²) in [6.45, 7) is 1.86. The van der Waals surface area contributed by atoms with Crippen molar-refractivity contribution in [3.8, 4) is 22.8 Å². The van der Waals surface area contributed by atoms with Crippen LogP contribution in [0.3, 0.4) is 0 Å². The number of aromatic carboxylic acids is 1. The molecule has 1 heterocycles. The fourth-order valence-corrected chi connectivity index (χ4v) is 4.02. The highest BCUT2D eigenvalue weighted by Crippen LogP contribution is 2.37. The number of hydrogen-bond acceptors (Lipinski definition) is 4. The highest BCUT2D eigenvalue weighted by molar-refractivity contribution is 5.99. The monoisotopic (exact) mass is 481 g/mol. The van der Waals surface area contributed by atoms with Crippen molar-refractivity contribution in [1.82, 2.24) is 4.98 Å². The topological polar surface area (TPSA) is 109 Å². The Bertz CT molecular complexity index is 1430. The van der Waals surface area contributed by atoms with Gasteiger partial charge in [-0.05, 0) is 55.2 Å². The van der Waals surface area contributed by atoms with Crippen LogP contribution in [0.4, 0.5) is 13.6 Å². The lowest BCUT2D eigenvalue weighted by atomic mass is 9.96. The number of halogens is 2. The van der Waals surface area contributed by atoms with E-state index in [4.69, 9.17) is 9.47 Å². The summed E-state index contributed by atoms with van der Waals surface area (Å²) in [6.07, 6.45) is -0.783. The summed E-state index contributed by atoms with van der Waals surface area (Å²) in [5, 5.41) is 19.2. The number of carboxylic acid groups (broad SMARTS) is 2. The number of aromatic amines is 1. The quantitative estimate of drug-likeness (QED) is 0.205. The Morgan fingerprint density at radius 2 is 1.77 bits per heavy atom. The molecule has 0 atom stereocenters. The molecule has 0 unspecified atom stereocenters. The molecular weight excluding hydrogens is 460 g/mol. The van der Waals surface area contributed by atoms with Crippen molar-refractivity contribution in [2.45, 2.75) is 19.8 Å². The normalized spacial score (nSPS) is 10.9. The van der Waals surface area contributed by atoms with E-state index in [1.165, 1.54) is 18.2 Å². The van der Waals surface area contributed by atoms with Crippen LogP contribution in [0.15, 0.2) is 54.6 Å². The minimum atomic E-state index is -1.49. The lowest BCUT2D eigenvalue weighted by Crippen LogP contribution is -2.06. The summed E-state index contributed by atoms with van der Waals surface area (Å²) < 4.78 is 37.5. The third kappa shape index (κ3) is 4.93. The van der Waals surface area contributed by atoms with Crippen LogP contribution < -0.4 is 9.47 Å². The van der Waals surface area contributed by atoms with Gasteiger partial charge in [0.2, 0.25) is 11.7 Å². The number of rotatable bonds is 8. The molecule has 0 amide bonds. The molecule has 35 heavy (non-hydrogen) atoms. The fraction of sp³-hybridized carbons (Fsp3) is 0.154. The predicted octanol–water partition coefficient (Wildman–Crippen LogP) is 6.19. The second-order valence-corrected chi connectivity index (χ2v) is 7.87. The smallest absolute Gasteiger partial charge is 0.490 e. The van der Waals surface area contributed by atoms with Crippen LogP contribution in [0.2, 0.25) is 0 Å². The van der Waals surface area contributed by atoms with Crippen molar-refractivity contribution in [1.29, 1.82) is 0 Å². The van der Waals surface area contributed by atoms with Gasteiger partial charge in [0.25, 0.3) is 0 Å². The minimum Gasteiger partial charge on any atom is -0.490 e. The molecule has 4 rings (SSSR count). The van der Waals surface area contributed by atoms with E-state index < -0.39 is 23.8 Å². The van der Waals surface area contributed by atoms with Gasteiger partial charge in [0.15, 0.2) is 11.6 Å². The summed E-state index contributed by atoms with van der Waals surface area (Å²) in [4.78, 5) is 25.6. The Balaban J connectivity index is 1.65. The Kier molecular flexibility index (Phi) is 6.68. The Labute approximate surface area is 198 Å². The zero-order valence-electron chi connectivity index (χ0n) is 18.6. The molecule has 0 aliphatic heterocycles. The first-order chi connectivity index (χ1) is 16.8. The van der Waals surface area contributed by atoms with Gasteiger partial charge >= 0.3 is 12.1 Å². The molecule has 3 aromatic carbocycles. The van der Waals surface area contributed by atoms with Gasteiger partial charge in [-0.2, -0.15) is 4.39 Å². The van der Waals surface area contributed by atoms with Crippen LogP contribution >= 0.6 is 0 Å². The van der Waals surface area contributed by atoms with Gasteiger partial charge in [-0.25, -0.2) is 14.0 Å². The predicted molar refractivity (Wildman–Crippen MR) is 124 cm³/mol. The largest absolute Gasteiger partial charge is 0.512 e. The average Bonchev–Trinajstić information content (AvgIpc) is 3.15. The molecule has 7 nitrogen and oxygen atoms in total. The number of aryl methyl sites for hydroxylation is 2. The van der Waals surface area contributed by atoms with E-state index in [9.17, 15) is 28.6 Å². The van der Waals surface area contributed by atoms with Gasteiger partial charge in [-0.1, -0.05) is 30.3 Å². The number of carboxylic acids is 1. The van der Waals surface area contributed by atoms with Gasteiger partial charge in [-0.15, -0.1) is 0 Å². The Hall–Kier alpha value is -4.40. The first kappa shape index (κ1) is 23.7. The number of nitrogens with one attached hydrogen (secondary N) is 1. The lowest BCUT2D eigenvalue weighted by molar-refractivity contribution is 0.0696. The molecule has 180 valence electrons. The van der Waals surface area contributed by atoms with E-state index in [-0.39, 0.29) is 23.8 Å². The molecule has 0 aliphatic rings. The molecule has 0 fully saturated rings. The first-order valence-electron chi connectivity index (χ1n) is 10.7. The van der Waals surface area contributed by atoms with Gasteiger partial charge in [-0.3, -0.25) is 0 Å². The third-order valence-electron chi connectivity index (χ3n) is 5.60. The van der Waals surface area contributed by atoms with Gasteiger partial charge in [0, 0.05) is 16.5 Å². The molecule has 0 radical (unpaired) electrons. The Morgan fingerprint density at radius 3 is 2.49 bits per heavy atom. The maximum absolute atomic E-state index is 13.8. The van der Waals surface area contributed by atoms with E-state index >= 15 is 0 Å². The summed E-state index contributed by atoms with van der Waals surface area (Å²) in [7, 11) is 0. The second kappa shape index (κ2) is 9.84. The number of benzene rings is 3. The first-order valence-corrected chi connectivity index (χ1v) is 10.7. The summed E-state index contributed by atoms with van der Waals surface area (Å²) in [6, 6.07) is 13.9. The molecular formula is C26H21F2NO6. The van der Waals surface area contributed by atoms with Crippen LogP contribution in [0.25, 0.3) is 22.0 Å². The van der Waals surface area contributed by atoms with Crippen molar-refractivity contribution in [3.63, 3.8) is 0 Å². The number of ether oxygens (including phenoxy) is 2. The van der Waals surface area contributed by atoms with E-state index in [1.807, 2.05) is 18.2 Å². The summed E-state index contributed by atoms with van der Waals surface area (Å²) in [5.74, 6) is -3.25. The van der Waals surface area contributed by atoms with E-state index in [1.54, 1.807) is 19.1 Å². The van der Waals surface area contributed by atoms with Gasteiger partial charge < -0.3 is 24.7 Å². The molecule has 0 saturated heterocycles. The van der Waals surface area contributed by atoms with Crippen LogP contribution in [0.1, 0.15) is 27.9 Å². The number of para-hydroxylation sites is 1. The molecule has 0 aliphatic carbocycles.